The van der Waals surface area contributed by atoms with E-state index in [1.54, 1.807) is 18.2 Å². The van der Waals surface area contributed by atoms with E-state index in [1.807, 2.05) is 0 Å². The highest BCUT2D eigenvalue weighted by Crippen LogP contribution is 2.22. The molecule has 0 aliphatic heterocycles. The number of rotatable bonds is 2. The smallest absolute Gasteiger partial charge is 0.258 e. The zero-order valence-electron chi connectivity index (χ0n) is 8.82. The van der Waals surface area contributed by atoms with Crippen LogP contribution in [-0.4, -0.2) is 15.9 Å². The number of anilines is 1. The highest BCUT2D eigenvalue weighted by molar-refractivity contribution is 9.10. The van der Waals surface area contributed by atoms with Gasteiger partial charge in [0.25, 0.3) is 5.91 Å². The van der Waals surface area contributed by atoms with Crippen molar-refractivity contribution in [2.75, 3.05) is 5.32 Å². The van der Waals surface area contributed by atoms with Gasteiger partial charge in [-0.25, -0.2) is 4.98 Å². The first-order valence-electron chi connectivity index (χ1n) is 4.80. The van der Waals surface area contributed by atoms with Crippen molar-refractivity contribution in [3.8, 4) is 0 Å². The molecule has 0 saturated carbocycles. The van der Waals surface area contributed by atoms with Crippen molar-refractivity contribution in [3.05, 3.63) is 50.8 Å². The molecule has 0 spiro atoms. The molecular formula is C11H6BrCl2N3O. The van der Waals surface area contributed by atoms with Gasteiger partial charge in [-0.3, -0.25) is 9.78 Å². The molecule has 7 heteroatoms. The lowest BCUT2D eigenvalue weighted by atomic mass is 10.2. The van der Waals surface area contributed by atoms with Crippen molar-refractivity contribution in [1.82, 2.24) is 9.97 Å². The molecule has 1 aromatic heterocycles. The molecule has 0 aliphatic rings. The van der Waals surface area contributed by atoms with Crippen LogP contribution in [-0.2, 0) is 0 Å². The fraction of sp³-hybridized carbons (Fsp3) is 0. The Bertz CT molecular complexity index is 607. The molecular weight excluding hydrogens is 341 g/mol. The minimum Gasteiger partial charge on any atom is -0.305 e. The number of carbonyl (C=O) groups is 1. The fourth-order valence-electron chi connectivity index (χ4n) is 1.26. The normalized spacial score (nSPS) is 10.2. The molecule has 4 nitrogen and oxygen atoms in total. The number of nitrogens with zero attached hydrogens (tertiary/aromatic N) is 2. The number of carbonyl (C=O) groups excluding carboxylic acids is 1. The third kappa shape index (κ3) is 3.19. The molecule has 92 valence electrons. The van der Waals surface area contributed by atoms with E-state index in [1.165, 1.54) is 12.4 Å². The largest absolute Gasteiger partial charge is 0.305 e. The lowest BCUT2D eigenvalue weighted by Crippen LogP contribution is -2.13. The van der Waals surface area contributed by atoms with Gasteiger partial charge in [-0.05, 0) is 18.2 Å². The Labute approximate surface area is 121 Å². The average molecular weight is 347 g/mol. The second kappa shape index (κ2) is 5.65. The monoisotopic (exact) mass is 345 g/mol. The van der Waals surface area contributed by atoms with Crippen molar-refractivity contribution < 1.29 is 4.79 Å². The maximum atomic E-state index is 11.9. The predicted octanol–water partition coefficient (Wildman–Crippen LogP) is 3.80. The van der Waals surface area contributed by atoms with Gasteiger partial charge in [0.05, 0.1) is 23.0 Å². The second-order valence-electron chi connectivity index (χ2n) is 3.31. The van der Waals surface area contributed by atoms with Crippen LogP contribution in [0.15, 0.2) is 35.1 Å². The van der Waals surface area contributed by atoms with Crippen LogP contribution < -0.4 is 5.32 Å². The van der Waals surface area contributed by atoms with Gasteiger partial charge in [-0.2, -0.15) is 0 Å². The molecule has 18 heavy (non-hydrogen) atoms. The maximum Gasteiger partial charge on any atom is 0.258 e. The molecule has 0 fully saturated rings. The highest BCUT2D eigenvalue weighted by Gasteiger charge is 2.11. The van der Waals surface area contributed by atoms with Crippen LogP contribution in [0, 0.1) is 0 Å². The van der Waals surface area contributed by atoms with E-state index < -0.39 is 0 Å². The van der Waals surface area contributed by atoms with Crippen molar-refractivity contribution in [2.24, 2.45) is 0 Å². The Hall–Kier alpha value is -1.17. The van der Waals surface area contributed by atoms with Gasteiger partial charge in [-0.15, -0.1) is 0 Å². The van der Waals surface area contributed by atoms with Crippen LogP contribution in [0.4, 0.5) is 5.82 Å². The SMILES string of the molecule is O=C(Nc1cncc(Cl)n1)c1ccc(Br)cc1Cl. The summed E-state index contributed by atoms with van der Waals surface area (Å²) in [6, 6.07) is 4.98. The van der Waals surface area contributed by atoms with Gasteiger partial charge < -0.3 is 5.32 Å². The molecule has 2 rings (SSSR count). The van der Waals surface area contributed by atoms with E-state index in [-0.39, 0.29) is 16.9 Å². The molecule has 2 aromatic rings. The summed E-state index contributed by atoms with van der Waals surface area (Å²) in [7, 11) is 0. The summed E-state index contributed by atoms with van der Waals surface area (Å²) in [4.78, 5) is 19.7. The van der Waals surface area contributed by atoms with E-state index in [4.69, 9.17) is 23.2 Å². The number of halogens is 3. The zero-order chi connectivity index (χ0) is 13.1. The van der Waals surface area contributed by atoms with Gasteiger partial charge in [0, 0.05) is 4.47 Å². The minimum absolute atomic E-state index is 0.203. The second-order valence-corrected chi connectivity index (χ2v) is 5.02. The predicted molar refractivity (Wildman–Crippen MR) is 74.1 cm³/mol. The summed E-state index contributed by atoms with van der Waals surface area (Å²) < 4.78 is 0.798. The van der Waals surface area contributed by atoms with Gasteiger partial charge >= 0.3 is 0 Å². The lowest BCUT2D eigenvalue weighted by Gasteiger charge is -2.06. The topological polar surface area (TPSA) is 54.9 Å². The number of hydrogen-bond acceptors (Lipinski definition) is 3. The fourth-order valence-corrected chi connectivity index (χ4v) is 2.17. The Morgan fingerprint density at radius 2 is 2.06 bits per heavy atom. The van der Waals surface area contributed by atoms with Crippen LogP contribution in [0.5, 0.6) is 0 Å². The Balaban J connectivity index is 2.22. The average Bonchev–Trinajstić information content (AvgIpc) is 2.28. The van der Waals surface area contributed by atoms with Crippen LogP contribution >= 0.6 is 39.1 Å². The Kier molecular flexibility index (Phi) is 4.16. The first-order valence-corrected chi connectivity index (χ1v) is 6.35. The van der Waals surface area contributed by atoms with Crippen LogP contribution in [0.1, 0.15) is 10.4 Å². The van der Waals surface area contributed by atoms with Gasteiger partial charge in [-0.1, -0.05) is 39.1 Å². The first-order chi connectivity index (χ1) is 8.56. The molecule has 0 unspecified atom stereocenters. The number of benzene rings is 1. The standard InChI is InChI=1S/C11H6BrCl2N3O/c12-6-1-2-7(8(13)3-6)11(18)17-10-5-15-4-9(14)16-10/h1-5H,(H,16,17,18). The summed E-state index contributed by atoms with van der Waals surface area (Å²) in [5.41, 5.74) is 0.349. The summed E-state index contributed by atoms with van der Waals surface area (Å²) in [5.74, 6) is -0.101. The van der Waals surface area contributed by atoms with Crippen LogP contribution in [0.2, 0.25) is 10.2 Å². The third-order valence-corrected chi connectivity index (χ3v) is 3.01. The molecule has 0 radical (unpaired) electrons. The quantitative estimate of drug-likeness (QED) is 0.899. The van der Waals surface area contributed by atoms with Crippen molar-refractivity contribution >= 4 is 50.9 Å². The van der Waals surface area contributed by atoms with Crippen LogP contribution in [0.3, 0.4) is 0 Å². The Morgan fingerprint density at radius 3 is 2.72 bits per heavy atom. The molecule has 0 atom stereocenters. The van der Waals surface area contributed by atoms with Crippen LogP contribution in [0.25, 0.3) is 0 Å². The van der Waals surface area contributed by atoms with E-state index in [9.17, 15) is 4.79 Å². The van der Waals surface area contributed by atoms with E-state index in [0.717, 1.165) is 4.47 Å². The van der Waals surface area contributed by atoms with Crippen molar-refractivity contribution in [3.63, 3.8) is 0 Å². The van der Waals surface area contributed by atoms with Gasteiger partial charge in [0.2, 0.25) is 0 Å². The third-order valence-electron chi connectivity index (χ3n) is 2.02. The van der Waals surface area contributed by atoms with E-state index >= 15 is 0 Å². The number of nitrogens with one attached hydrogen (secondary N) is 1. The molecule has 1 amide bonds. The van der Waals surface area contributed by atoms with E-state index in [0.29, 0.717) is 10.6 Å². The van der Waals surface area contributed by atoms with Gasteiger partial charge in [0.1, 0.15) is 5.15 Å². The molecule has 0 bridgehead atoms. The molecule has 1 heterocycles. The number of aromatic nitrogens is 2. The lowest BCUT2D eigenvalue weighted by molar-refractivity contribution is 0.102. The maximum absolute atomic E-state index is 11.9. The van der Waals surface area contributed by atoms with Crippen molar-refractivity contribution in [2.45, 2.75) is 0 Å². The Morgan fingerprint density at radius 1 is 1.28 bits per heavy atom. The summed E-state index contributed by atoms with van der Waals surface area (Å²) in [5, 5.41) is 3.11. The molecule has 0 saturated heterocycles. The number of amides is 1. The molecule has 1 N–H and O–H groups in total. The van der Waals surface area contributed by atoms with Crippen molar-refractivity contribution in [1.29, 1.82) is 0 Å². The highest BCUT2D eigenvalue weighted by atomic mass is 79.9. The molecule has 0 aliphatic carbocycles. The summed E-state index contributed by atoms with van der Waals surface area (Å²) in [6.07, 6.45) is 2.78. The number of hydrogen-bond donors (Lipinski definition) is 1. The molecule has 1 aromatic carbocycles. The summed E-state index contributed by atoms with van der Waals surface area (Å²) >= 11 is 14.9. The minimum atomic E-state index is -0.371. The first kappa shape index (κ1) is 13.3. The van der Waals surface area contributed by atoms with Gasteiger partial charge in [0.15, 0.2) is 5.82 Å². The zero-order valence-corrected chi connectivity index (χ0v) is 11.9. The van der Waals surface area contributed by atoms with E-state index in [2.05, 4.69) is 31.2 Å². The summed E-state index contributed by atoms with van der Waals surface area (Å²) in [6.45, 7) is 0.